The molecule has 3 rings (SSSR count). The molecule has 1 aliphatic rings. The number of hydrogen-bond acceptors (Lipinski definition) is 2. The van der Waals surface area contributed by atoms with Crippen LogP contribution < -0.4 is 10.2 Å². The second-order valence-corrected chi connectivity index (χ2v) is 6.42. The van der Waals surface area contributed by atoms with Gasteiger partial charge in [0.1, 0.15) is 0 Å². The Kier molecular flexibility index (Phi) is 5.49. The van der Waals surface area contributed by atoms with E-state index in [1.807, 2.05) is 37.3 Å². The van der Waals surface area contributed by atoms with E-state index in [1.165, 1.54) is 12.8 Å². The number of benzene rings is 2. The number of rotatable bonds is 5. The van der Waals surface area contributed by atoms with Gasteiger partial charge in [0.2, 0.25) is 0 Å². The first kappa shape index (κ1) is 17.2. The standard InChI is InChI=1S/C21H24N2O2/c1-2-23(19-10-4-3-5-11-19)21(25)17-14-12-16(13-15-17)20(24)22-18-8-6-7-9-18/h3-5,10-15,18H,2,6-9H2,1H3,(H,22,24). The zero-order valence-electron chi connectivity index (χ0n) is 14.6. The van der Waals surface area contributed by atoms with Crippen molar-refractivity contribution < 1.29 is 9.59 Å². The summed E-state index contributed by atoms with van der Waals surface area (Å²) in [6.07, 6.45) is 4.49. The second-order valence-electron chi connectivity index (χ2n) is 6.42. The number of carbonyl (C=O) groups is 2. The van der Waals surface area contributed by atoms with Crippen molar-refractivity contribution in [1.29, 1.82) is 0 Å². The predicted octanol–water partition coefficient (Wildman–Crippen LogP) is 4.03. The molecule has 0 aromatic heterocycles. The van der Waals surface area contributed by atoms with Gasteiger partial charge in [-0.3, -0.25) is 9.59 Å². The van der Waals surface area contributed by atoms with E-state index in [2.05, 4.69) is 5.32 Å². The zero-order valence-corrected chi connectivity index (χ0v) is 14.6. The summed E-state index contributed by atoms with van der Waals surface area (Å²) < 4.78 is 0. The predicted molar refractivity (Wildman–Crippen MR) is 100.0 cm³/mol. The van der Waals surface area contributed by atoms with Gasteiger partial charge in [0.25, 0.3) is 11.8 Å². The van der Waals surface area contributed by atoms with Crippen LogP contribution in [-0.2, 0) is 0 Å². The Morgan fingerprint density at radius 1 is 0.960 bits per heavy atom. The topological polar surface area (TPSA) is 49.4 Å². The molecule has 2 amide bonds. The van der Waals surface area contributed by atoms with Gasteiger partial charge >= 0.3 is 0 Å². The molecule has 1 fully saturated rings. The normalized spacial score (nSPS) is 14.3. The van der Waals surface area contributed by atoms with Crippen molar-refractivity contribution in [3.63, 3.8) is 0 Å². The van der Waals surface area contributed by atoms with E-state index in [-0.39, 0.29) is 11.8 Å². The number of nitrogens with one attached hydrogen (secondary N) is 1. The average molecular weight is 336 g/mol. The fourth-order valence-electron chi connectivity index (χ4n) is 3.31. The van der Waals surface area contributed by atoms with Crippen LogP contribution in [0.5, 0.6) is 0 Å². The molecule has 130 valence electrons. The summed E-state index contributed by atoms with van der Waals surface area (Å²) in [6.45, 7) is 2.54. The van der Waals surface area contributed by atoms with Gasteiger partial charge in [-0.15, -0.1) is 0 Å². The monoisotopic (exact) mass is 336 g/mol. The Hall–Kier alpha value is -2.62. The summed E-state index contributed by atoms with van der Waals surface area (Å²) in [5.74, 6) is -0.113. The van der Waals surface area contributed by atoms with Gasteiger partial charge in [-0.1, -0.05) is 31.0 Å². The second kappa shape index (κ2) is 7.97. The maximum Gasteiger partial charge on any atom is 0.258 e. The first-order valence-corrected chi connectivity index (χ1v) is 8.97. The molecule has 2 aromatic rings. The maximum absolute atomic E-state index is 12.8. The Balaban J connectivity index is 1.70. The molecule has 1 saturated carbocycles. The molecule has 1 aliphatic carbocycles. The molecule has 0 unspecified atom stereocenters. The lowest BCUT2D eigenvalue weighted by Gasteiger charge is -2.21. The van der Waals surface area contributed by atoms with Crippen LogP contribution in [0, 0.1) is 0 Å². The number of carbonyl (C=O) groups excluding carboxylic acids is 2. The summed E-state index contributed by atoms with van der Waals surface area (Å²) in [5.41, 5.74) is 2.06. The highest BCUT2D eigenvalue weighted by atomic mass is 16.2. The van der Waals surface area contributed by atoms with Gasteiger partial charge < -0.3 is 10.2 Å². The van der Waals surface area contributed by atoms with E-state index < -0.39 is 0 Å². The summed E-state index contributed by atoms with van der Waals surface area (Å²) in [4.78, 5) is 26.8. The van der Waals surface area contributed by atoms with Crippen molar-refractivity contribution in [2.75, 3.05) is 11.4 Å². The molecule has 4 heteroatoms. The van der Waals surface area contributed by atoms with Crippen molar-refractivity contribution >= 4 is 17.5 Å². The van der Waals surface area contributed by atoms with E-state index in [0.717, 1.165) is 18.5 Å². The SMILES string of the molecule is CCN(C(=O)c1ccc(C(=O)NC2CCCC2)cc1)c1ccccc1. The fraction of sp³-hybridized carbons (Fsp3) is 0.333. The van der Waals surface area contributed by atoms with Gasteiger partial charge in [0, 0.05) is 29.4 Å². The largest absolute Gasteiger partial charge is 0.349 e. The van der Waals surface area contributed by atoms with Crippen LogP contribution in [0.3, 0.4) is 0 Å². The molecular weight excluding hydrogens is 312 g/mol. The van der Waals surface area contributed by atoms with Gasteiger partial charge in [-0.05, 0) is 56.2 Å². The van der Waals surface area contributed by atoms with E-state index >= 15 is 0 Å². The third kappa shape index (κ3) is 4.08. The highest BCUT2D eigenvalue weighted by Gasteiger charge is 2.19. The van der Waals surface area contributed by atoms with Gasteiger partial charge in [0.05, 0.1) is 0 Å². The van der Waals surface area contributed by atoms with E-state index in [9.17, 15) is 9.59 Å². The maximum atomic E-state index is 12.8. The van der Waals surface area contributed by atoms with Crippen LogP contribution in [0.1, 0.15) is 53.3 Å². The Morgan fingerprint density at radius 3 is 2.16 bits per heavy atom. The van der Waals surface area contributed by atoms with Crippen molar-refractivity contribution in [3.8, 4) is 0 Å². The number of nitrogens with zero attached hydrogens (tertiary/aromatic N) is 1. The Bertz CT molecular complexity index is 719. The summed E-state index contributed by atoms with van der Waals surface area (Å²) in [5, 5.41) is 3.07. The molecule has 25 heavy (non-hydrogen) atoms. The lowest BCUT2D eigenvalue weighted by atomic mass is 10.1. The van der Waals surface area contributed by atoms with Crippen LogP contribution in [0.2, 0.25) is 0 Å². The lowest BCUT2D eigenvalue weighted by molar-refractivity contribution is 0.0935. The number of hydrogen-bond donors (Lipinski definition) is 1. The van der Waals surface area contributed by atoms with Crippen molar-refractivity contribution in [3.05, 3.63) is 65.7 Å². The van der Waals surface area contributed by atoms with Crippen LogP contribution in [0.15, 0.2) is 54.6 Å². The van der Waals surface area contributed by atoms with E-state index in [0.29, 0.717) is 23.7 Å². The van der Waals surface area contributed by atoms with Crippen molar-refractivity contribution in [1.82, 2.24) is 5.32 Å². The molecule has 0 radical (unpaired) electrons. The highest BCUT2D eigenvalue weighted by molar-refractivity contribution is 6.06. The lowest BCUT2D eigenvalue weighted by Crippen LogP contribution is -2.33. The quantitative estimate of drug-likeness (QED) is 0.896. The summed E-state index contributed by atoms with van der Waals surface area (Å²) in [7, 11) is 0. The minimum absolute atomic E-state index is 0.0543. The van der Waals surface area contributed by atoms with Crippen LogP contribution in [-0.4, -0.2) is 24.4 Å². The molecule has 4 nitrogen and oxygen atoms in total. The number of amides is 2. The molecular formula is C21H24N2O2. The summed E-state index contributed by atoms with van der Waals surface area (Å²) >= 11 is 0. The van der Waals surface area contributed by atoms with Gasteiger partial charge in [-0.25, -0.2) is 0 Å². The van der Waals surface area contributed by atoms with E-state index in [4.69, 9.17) is 0 Å². The molecule has 1 N–H and O–H groups in total. The van der Waals surface area contributed by atoms with Crippen LogP contribution in [0.25, 0.3) is 0 Å². The number of para-hydroxylation sites is 1. The minimum atomic E-state index is -0.0588. The smallest absolute Gasteiger partial charge is 0.258 e. The van der Waals surface area contributed by atoms with E-state index in [1.54, 1.807) is 29.2 Å². The molecule has 0 saturated heterocycles. The molecule has 0 aliphatic heterocycles. The Morgan fingerprint density at radius 2 is 1.56 bits per heavy atom. The first-order chi connectivity index (χ1) is 12.2. The first-order valence-electron chi connectivity index (χ1n) is 8.97. The third-order valence-electron chi connectivity index (χ3n) is 4.71. The fourth-order valence-corrected chi connectivity index (χ4v) is 3.31. The molecule has 2 aromatic carbocycles. The number of anilines is 1. The summed E-state index contributed by atoms with van der Waals surface area (Å²) in [6, 6.07) is 16.8. The third-order valence-corrected chi connectivity index (χ3v) is 4.71. The van der Waals surface area contributed by atoms with Crippen molar-refractivity contribution in [2.45, 2.75) is 38.6 Å². The molecule has 0 atom stereocenters. The van der Waals surface area contributed by atoms with Crippen LogP contribution in [0.4, 0.5) is 5.69 Å². The van der Waals surface area contributed by atoms with Gasteiger partial charge in [-0.2, -0.15) is 0 Å². The Labute approximate surface area is 148 Å². The highest BCUT2D eigenvalue weighted by Crippen LogP contribution is 2.19. The van der Waals surface area contributed by atoms with Crippen LogP contribution >= 0.6 is 0 Å². The van der Waals surface area contributed by atoms with Gasteiger partial charge in [0.15, 0.2) is 0 Å². The average Bonchev–Trinajstić information content (AvgIpc) is 3.16. The minimum Gasteiger partial charge on any atom is -0.349 e. The zero-order chi connectivity index (χ0) is 17.6. The molecule has 0 spiro atoms. The van der Waals surface area contributed by atoms with Crippen molar-refractivity contribution in [2.24, 2.45) is 0 Å². The molecule has 0 bridgehead atoms. The molecule has 0 heterocycles.